The van der Waals surface area contributed by atoms with Crippen LogP contribution in [-0.2, 0) is 11.3 Å². The van der Waals surface area contributed by atoms with Gasteiger partial charge in [-0.05, 0) is 42.0 Å². The largest absolute Gasteiger partial charge is 0.493 e. The molecule has 29 heavy (non-hydrogen) atoms. The van der Waals surface area contributed by atoms with E-state index in [1.165, 1.54) is 13.3 Å². The monoisotopic (exact) mass is 395 g/mol. The van der Waals surface area contributed by atoms with E-state index in [1.807, 2.05) is 18.2 Å². The number of rotatable bonds is 8. The van der Waals surface area contributed by atoms with Crippen molar-refractivity contribution in [2.75, 3.05) is 32.0 Å². The number of nitrogens with zero attached hydrogens (tertiary/aromatic N) is 3. The smallest absolute Gasteiger partial charge is 0.337 e. The zero-order valence-corrected chi connectivity index (χ0v) is 16.3. The minimum atomic E-state index is -0.387. The van der Waals surface area contributed by atoms with E-state index >= 15 is 0 Å². The second kappa shape index (κ2) is 9.36. The van der Waals surface area contributed by atoms with Gasteiger partial charge in [0.25, 0.3) is 0 Å². The predicted octanol–water partition coefficient (Wildman–Crippen LogP) is 3.03. The van der Waals surface area contributed by atoms with Crippen molar-refractivity contribution in [1.29, 1.82) is 0 Å². The second-order valence-electron chi connectivity index (χ2n) is 5.90. The molecule has 0 spiro atoms. The van der Waals surface area contributed by atoms with Gasteiger partial charge in [-0.2, -0.15) is 10.1 Å². The molecule has 0 unspecified atom stereocenters. The third kappa shape index (κ3) is 5.10. The Bertz CT molecular complexity index is 979. The summed E-state index contributed by atoms with van der Waals surface area (Å²) in [6, 6.07) is 12.5. The molecule has 3 aromatic rings. The van der Waals surface area contributed by atoms with Crippen molar-refractivity contribution in [2.45, 2.75) is 6.54 Å². The summed E-state index contributed by atoms with van der Waals surface area (Å²) in [4.78, 5) is 15.9. The van der Waals surface area contributed by atoms with Gasteiger partial charge in [0.2, 0.25) is 5.95 Å². The Morgan fingerprint density at radius 1 is 1.00 bits per heavy atom. The lowest BCUT2D eigenvalue weighted by atomic mass is 10.2. The highest BCUT2D eigenvalue weighted by Gasteiger charge is 2.07. The van der Waals surface area contributed by atoms with Gasteiger partial charge < -0.3 is 24.8 Å². The molecule has 0 atom stereocenters. The molecule has 9 heteroatoms. The lowest BCUT2D eigenvalue weighted by Gasteiger charge is -2.11. The van der Waals surface area contributed by atoms with Crippen molar-refractivity contribution in [2.24, 2.45) is 0 Å². The molecule has 0 saturated carbocycles. The van der Waals surface area contributed by atoms with Crippen LogP contribution in [0.5, 0.6) is 11.5 Å². The molecule has 0 aliphatic carbocycles. The average molecular weight is 395 g/mol. The number of hydrogen-bond acceptors (Lipinski definition) is 9. The summed E-state index contributed by atoms with van der Waals surface area (Å²) in [6.07, 6.45) is 1.51. The van der Waals surface area contributed by atoms with Crippen LogP contribution in [-0.4, -0.2) is 42.5 Å². The van der Waals surface area contributed by atoms with Crippen LogP contribution in [0.3, 0.4) is 0 Å². The number of carbonyl (C=O) groups is 1. The second-order valence-corrected chi connectivity index (χ2v) is 5.90. The van der Waals surface area contributed by atoms with Crippen LogP contribution in [0, 0.1) is 0 Å². The van der Waals surface area contributed by atoms with Crippen molar-refractivity contribution < 1.29 is 19.0 Å². The molecule has 0 aliphatic rings. The van der Waals surface area contributed by atoms with Gasteiger partial charge in [-0.3, -0.25) is 0 Å². The zero-order valence-electron chi connectivity index (χ0n) is 16.3. The summed E-state index contributed by atoms with van der Waals surface area (Å²) >= 11 is 0. The van der Waals surface area contributed by atoms with Crippen LogP contribution in [0.1, 0.15) is 15.9 Å². The maximum absolute atomic E-state index is 11.5. The van der Waals surface area contributed by atoms with Gasteiger partial charge in [-0.25, -0.2) is 4.79 Å². The van der Waals surface area contributed by atoms with Gasteiger partial charge in [-0.15, -0.1) is 5.10 Å². The van der Waals surface area contributed by atoms with Crippen molar-refractivity contribution >= 4 is 23.4 Å². The van der Waals surface area contributed by atoms with E-state index in [4.69, 9.17) is 9.47 Å². The van der Waals surface area contributed by atoms with Gasteiger partial charge in [0.05, 0.1) is 33.1 Å². The van der Waals surface area contributed by atoms with Gasteiger partial charge in [0.15, 0.2) is 17.3 Å². The molecule has 0 saturated heterocycles. The third-order valence-corrected chi connectivity index (χ3v) is 4.04. The molecule has 1 heterocycles. The van der Waals surface area contributed by atoms with Crippen LogP contribution in [0.2, 0.25) is 0 Å². The number of methoxy groups -OCH3 is 3. The predicted molar refractivity (Wildman–Crippen MR) is 108 cm³/mol. The fourth-order valence-corrected chi connectivity index (χ4v) is 2.57. The molecule has 0 aliphatic heterocycles. The molecule has 0 radical (unpaired) electrons. The Morgan fingerprint density at radius 3 is 2.45 bits per heavy atom. The number of esters is 1. The fraction of sp³-hybridized carbons (Fsp3) is 0.200. The number of carbonyl (C=O) groups excluding carboxylic acids is 1. The van der Waals surface area contributed by atoms with Gasteiger partial charge in [0, 0.05) is 12.2 Å². The van der Waals surface area contributed by atoms with Crippen LogP contribution in [0.4, 0.5) is 17.5 Å². The minimum Gasteiger partial charge on any atom is -0.493 e. The SMILES string of the molecule is COC(=O)c1ccc(Nc2cnnc(NCc3ccc(OC)c(OC)c3)n2)cc1. The van der Waals surface area contributed by atoms with Gasteiger partial charge >= 0.3 is 5.97 Å². The molecule has 3 rings (SSSR count). The summed E-state index contributed by atoms with van der Waals surface area (Å²) in [5.74, 6) is 1.81. The standard InChI is InChI=1S/C20H21N5O4/c1-27-16-9-4-13(10-17(16)28-2)11-21-20-24-18(12-22-25-20)23-15-7-5-14(6-8-15)19(26)29-3/h4-10,12H,11H2,1-3H3,(H2,21,23,24,25). The van der Waals surface area contributed by atoms with E-state index in [9.17, 15) is 4.79 Å². The van der Waals surface area contributed by atoms with E-state index in [-0.39, 0.29) is 5.97 Å². The topological polar surface area (TPSA) is 107 Å². The maximum Gasteiger partial charge on any atom is 0.337 e. The van der Waals surface area contributed by atoms with Crippen molar-refractivity contribution in [3.63, 3.8) is 0 Å². The lowest BCUT2D eigenvalue weighted by molar-refractivity contribution is 0.0601. The molecule has 2 aromatic carbocycles. The van der Waals surface area contributed by atoms with E-state index in [1.54, 1.807) is 38.5 Å². The number of benzene rings is 2. The first-order valence-corrected chi connectivity index (χ1v) is 8.73. The summed E-state index contributed by atoms with van der Waals surface area (Å²) in [7, 11) is 4.53. The molecular weight excluding hydrogens is 374 g/mol. The van der Waals surface area contributed by atoms with E-state index in [2.05, 4.69) is 30.6 Å². The van der Waals surface area contributed by atoms with Crippen molar-refractivity contribution in [3.8, 4) is 11.5 Å². The van der Waals surface area contributed by atoms with Crippen LogP contribution < -0.4 is 20.1 Å². The number of ether oxygens (including phenoxy) is 3. The van der Waals surface area contributed by atoms with Crippen LogP contribution >= 0.6 is 0 Å². The van der Waals surface area contributed by atoms with Gasteiger partial charge in [-0.1, -0.05) is 6.07 Å². The Labute approximate surface area is 168 Å². The Morgan fingerprint density at radius 2 is 1.76 bits per heavy atom. The quantitative estimate of drug-likeness (QED) is 0.556. The van der Waals surface area contributed by atoms with Crippen LogP contribution in [0.15, 0.2) is 48.7 Å². The summed E-state index contributed by atoms with van der Waals surface area (Å²) in [5.41, 5.74) is 2.20. The first-order valence-electron chi connectivity index (χ1n) is 8.73. The number of anilines is 3. The van der Waals surface area contributed by atoms with E-state index < -0.39 is 0 Å². The highest BCUT2D eigenvalue weighted by molar-refractivity contribution is 5.89. The normalized spacial score (nSPS) is 10.2. The highest BCUT2D eigenvalue weighted by atomic mass is 16.5. The Kier molecular flexibility index (Phi) is 6.41. The number of hydrogen-bond donors (Lipinski definition) is 2. The molecule has 0 amide bonds. The van der Waals surface area contributed by atoms with E-state index in [0.29, 0.717) is 35.4 Å². The van der Waals surface area contributed by atoms with Crippen molar-refractivity contribution in [1.82, 2.24) is 15.2 Å². The highest BCUT2D eigenvalue weighted by Crippen LogP contribution is 2.27. The summed E-state index contributed by atoms with van der Waals surface area (Å²) in [6.45, 7) is 0.485. The molecule has 2 N–H and O–H groups in total. The third-order valence-electron chi connectivity index (χ3n) is 4.04. The van der Waals surface area contributed by atoms with Crippen molar-refractivity contribution in [3.05, 3.63) is 59.8 Å². The molecule has 9 nitrogen and oxygen atoms in total. The lowest BCUT2D eigenvalue weighted by Crippen LogP contribution is -2.07. The molecule has 1 aromatic heterocycles. The number of aromatic nitrogens is 3. The first-order chi connectivity index (χ1) is 14.1. The minimum absolute atomic E-state index is 0.371. The maximum atomic E-state index is 11.5. The molecule has 0 fully saturated rings. The fourth-order valence-electron chi connectivity index (χ4n) is 2.57. The Balaban J connectivity index is 1.64. The molecular formula is C20H21N5O4. The number of nitrogens with one attached hydrogen (secondary N) is 2. The summed E-state index contributed by atoms with van der Waals surface area (Å²) < 4.78 is 15.2. The van der Waals surface area contributed by atoms with Crippen LogP contribution in [0.25, 0.3) is 0 Å². The first kappa shape index (κ1) is 19.9. The molecule has 150 valence electrons. The van der Waals surface area contributed by atoms with Gasteiger partial charge in [0.1, 0.15) is 0 Å². The molecule has 0 bridgehead atoms. The summed E-state index contributed by atoms with van der Waals surface area (Å²) in [5, 5.41) is 14.2. The Hall–Kier alpha value is -3.88. The van der Waals surface area contributed by atoms with E-state index in [0.717, 1.165) is 11.3 Å². The average Bonchev–Trinajstić information content (AvgIpc) is 2.77. The zero-order chi connectivity index (χ0) is 20.6.